The Kier molecular flexibility index (Phi) is 2.90. The molecule has 0 radical (unpaired) electrons. The molecule has 80 valence electrons. The van der Waals surface area contributed by atoms with Crippen LogP contribution in [0.3, 0.4) is 0 Å². The van der Waals surface area contributed by atoms with E-state index in [-0.39, 0.29) is 6.10 Å². The SMILES string of the molecule is CCc1ccccc1OC(=O)OC1CC1. The van der Waals surface area contributed by atoms with Crippen molar-refractivity contribution in [1.82, 2.24) is 0 Å². The molecule has 0 spiro atoms. The standard InChI is InChI=1S/C12H14O3/c1-2-9-5-3-4-6-11(9)15-12(13)14-10-7-8-10/h3-6,10H,2,7-8H2,1H3. The molecule has 0 bridgehead atoms. The molecule has 3 nitrogen and oxygen atoms in total. The number of benzene rings is 1. The first-order chi connectivity index (χ1) is 7.29. The van der Waals surface area contributed by atoms with Crippen LogP contribution < -0.4 is 4.74 Å². The molecule has 15 heavy (non-hydrogen) atoms. The minimum atomic E-state index is -0.585. The van der Waals surface area contributed by atoms with Crippen molar-refractivity contribution >= 4 is 6.16 Å². The first-order valence-corrected chi connectivity index (χ1v) is 5.26. The van der Waals surface area contributed by atoms with E-state index < -0.39 is 6.16 Å². The summed E-state index contributed by atoms with van der Waals surface area (Å²) in [6.07, 6.45) is 2.27. The number of para-hydroxylation sites is 1. The Hall–Kier alpha value is -1.51. The van der Waals surface area contributed by atoms with Crippen molar-refractivity contribution in [3.8, 4) is 5.75 Å². The lowest BCUT2D eigenvalue weighted by Crippen LogP contribution is -2.12. The maximum absolute atomic E-state index is 11.3. The summed E-state index contributed by atoms with van der Waals surface area (Å²) in [6.45, 7) is 2.02. The fourth-order valence-electron chi connectivity index (χ4n) is 1.33. The highest BCUT2D eigenvalue weighted by molar-refractivity contribution is 5.65. The van der Waals surface area contributed by atoms with Gasteiger partial charge >= 0.3 is 6.16 Å². The second kappa shape index (κ2) is 4.34. The highest BCUT2D eigenvalue weighted by atomic mass is 16.7. The molecule has 0 saturated heterocycles. The molecule has 3 heteroatoms. The van der Waals surface area contributed by atoms with E-state index in [0.29, 0.717) is 5.75 Å². The van der Waals surface area contributed by atoms with E-state index in [9.17, 15) is 4.79 Å². The summed E-state index contributed by atoms with van der Waals surface area (Å²) in [5, 5.41) is 0. The Balaban J connectivity index is 1.98. The van der Waals surface area contributed by atoms with Gasteiger partial charge in [-0.05, 0) is 30.9 Å². The first kappa shape index (κ1) is 10.0. The molecule has 0 aromatic heterocycles. The summed E-state index contributed by atoms with van der Waals surface area (Å²) in [5.74, 6) is 0.602. The molecule has 1 aromatic carbocycles. The van der Waals surface area contributed by atoms with E-state index in [1.165, 1.54) is 0 Å². The van der Waals surface area contributed by atoms with Crippen molar-refractivity contribution < 1.29 is 14.3 Å². The number of aryl methyl sites for hydroxylation is 1. The van der Waals surface area contributed by atoms with Gasteiger partial charge in [0.25, 0.3) is 0 Å². The quantitative estimate of drug-likeness (QED) is 0.563. The zero-order valence-corrected chi connectivity index (χ0v) is 8.73. The minimum Gasteiger partial charge on any atom is -0.431 e. The molecule has 1 saturated carbocycles. The predicted molar refractivity (Wildman–Crippen MR) is 56.0 cm³/mol. The Morgan fingerprint density at radius 3 is 2.80 bits per heavy atom. The van der Waals surface area contributed by atoms with Crippen LogP contribution in [-0.4, -0.2) is 12.3 Å². The van der Waals surface area contributed by atoms with Gasteiger partial charge in [-0.25, -0.2) is 4.79 Å². The normalized spacial score (nSPS) is 14.7. The molecule has 2 rings (SSSR count). The highest BCUT2D eigenvalue weighted by Gasteiger charge is 2.27. The van der Waals surface area contributed by atoms with E-state index in [2.05, 4.69) is 0 Å². The van der Waals surface area contributed by atoms with Gasteiger partial charge in [0, 0.05) is 0 Å². The molecule has 0 aliphatic heterocycles. The molecule has 0 amide bonds. The van der Waals surface area contributed by atoms with Crippen LogP contribution in [0.4, 0.5) is 4.79 Å². The highest BCUT2D eigenvalue weighted by Crippen LogP contribution is 2.25. The van der Waals surface area contributed by atoms with E-state index >= 15 is 0 Å². The van der Waals surface area contributed by atoms with Gasteiger partial charge in [-0.1, -0.05) is 25.1 Å². The molecule has 1 fully saturated rings. The maximum atomic E-state index is 11.3. The second-order valence-corrected chi connectivity index (χ2v) is 3.63. The van der Waals surface area contributed by atoms with Crippen LogP contribution in [-0.2, 0) is 11.2 Å². The monoisotopic (exact) mass is 206 g/mol. The predicted octanol–water partition coefficient (Wildman–Crippen LogP) is 2.93. The van der Waals surface area contributed by atoms with Crippen molar-refractivity contribution in [2.24, 2.45) is 0 Å². The van der Waals surface area contributed by atoms with Crippen LogP contribution in [0.1, 0.15) is 25.3 Å². The maximum Gasteiger partial charge on any atom is 0.514 e. The van der Waals surface area contributed by atoms with Gasteiger partial charge < -0.3 is 9.47 Å². The Labute approximate surface area is 89.0 Å². The fraction of sp³-hybridized carbons (Fsp3) is 0.417. The van der Waals surface area contributed by atoms with Gasteiger partial charge in [-0.2, -0.15) is 0 Å². The second-order valence-electron chi connectivity index (χ2n) is 3.63. The first-order valence-electron chi connectivity index (χ1n) is 5.26. The minimum absolute atomic E-state index is 0.0892. The molecule has 0 heterocycles. The molecular formula is C12H14O3. The summed E-state index contributed by atoms with van der Waals surface area (Å²) in [6, 6.07) is 7.50. The summed E-state index contributed by atoms with van der Waals surface area (Å²) < 4.78 is 10.1. The van der Waals surface area contributed by atoms with E-state index in [0.717, 1.165) is 24.8 Å². The van der Waals surface area contributed by atoms with Gasteiger partial charge in [-0.3, -0.25) is 0 Å². The van der Waals surface area contributed by atoms with Crippen molar-refractivity contribution in [3.63, 3.8) is 0 Å². The zero-order chi connectivity index (χ0) is 10.7. The number of rotatable bonds is 3. The average Bonchev–Trinajstić information content (AvgIpc) is 3.02. The Bertz CT molecular complexity index is 356. The molecule has 0 unspecified atom stereocenters. The lowest BCUT2D eigenvalue weighted by molar-refractivity contribution is 0.0922. The lowest BCUT2D eigenvalue weighted by atomic mass is 10.1. The lowest BCUT2D eigenvalue weighted by Gasteiger charge is -2.08. The van der Waals surface area contributed by atoms with Crippen molar-refractivity contribution in [2.45, 2.75) is 32.3 Å². The summed E-state index contributed by atoms with van der Waals surface area (Å²) in [5.41, 5.74) is 1.02. The van der Waals surface area contributed by atoms with Gasteiger partial charge in [0.1, 0.15) is 11.9 Å². The third-order valence-electron chi connectivity index (χ3n) is 2.33. The van der Waals surface area contributed by atoms with Crippen LogP contribution in [0, 0.1) is 0 Å². The number of ether oxygens (including phenoxy) is 2. The van der Waals surface area contributed by atoms with Crippen molar-refractivity contribution in [2.75, 3.05) is 0 Å². The van der Waals surface area contributed by atoms with E-state index in [4.69, 9.17) is 9.47 Å². The van der Waals surface area contributed by atoms with Gasteiger partial charge in [0.05, 0.1) is 0 Å². The number of carbonyl (C=O) groups is 1. The molecule has 0 atom stereocenters. The van der Waals surface area contributed by atoms with Crippen molar-refractivity contribution in [3.05, 3.63) is 29.8 Å². The van der Waals surface area contributed by atoms with Crippen LogP contribution in [0.2, 0.25) is 0 Å². The number of carbonyl (C=O) groups excluding carboxylic acids is 1. The third-order valence-corrected chi connectivity index (χ3v) is 2.33. The average molecular weight is 206 g/mol. The van der Waals surface area contributed by atoms with Crippen molar-refractivity contribution in [1.29, 1.82) is 0 Å². The van der Waals surface area contributed by atoms with Gasteiger partial charge in [-0.15, -0.1) is 0 Å². The van der Waals surface area contributed by atoms with Crippen LogP contribution in [0.25, 0.3) is 0 Å². The molecule has 1 aliphatic rings. The fourth-order valence-corrected chi connectivity index (χ4v) is 1.33. The summed E-state index contributed by atoms with van der Waals surface area (Å²) >= 11 is 0. The molecule has 1 aliphatic carbocycles. The Morgan fingerprint density at radius 2 is 2.13 bits per heavy atom. The largest absolute Gasteiger partial charge is 0.514 e. The van der Waals surface area contributed by atoms with Gasteiger partial charge in [0.15, 0.2) is 0 Å². The van der Waals surface area contributed by atoms with Crippen LogP contribution in [0.15, 0.2) is 24.3 Å². The molecular weight excluding hydrogens is 192 g/mol. The smallest absolute Gasteiger partial charge is 0.431 e. The summed E-state index contributed by atoms with van der Waals surface area (Å²) in [4.78, 5) is 11.3. The van der Waals surface area contributed by atoms with E-state index in [1.807, 2.05) is 25.1 Å². The van der Waals surface area contributed by atoms with E-state index in [1.54, 1.807) is 6.07 Å². The Morgan fingerprint density at radius 1 is 1.40 bits per heavy atom. The summed E-state index contributed by atoms with van der Waals surface area (Å²) in [7, 11) is 0. The molecule has 0 N–H and O–H groups in total. The topological polar surface area (TPSA) is 35.5 Å². The zero-order valence-electron chi connectivity index (χ0n) is 8.73. The number of hydrogen-bond donors (Lipinski definition) is 0. The van der Waals surface area contributed by atoms with Crippen LogP contribution >= 0.6 is 0 Å². The van der Waals surface area contributed by atoms with Crippen LogP contribution in [0.5, 0.6) is 5.75 Å². The molecule has 1 aromatic rings. The van der Waals surface area contributed by atoms with Gasteiger partial charge in [0.2, 0.25) is 0 Å². The number of hydrogen-bond acceptors (Lipinski definition) is 3. The third kappa shape index (κ3) is 2.72.